The van der Waals surface area contributed by atoms with E-state index in [1.165, 1.54) is 18.2 Å². The fourth-order valence-corrected chi connectivity index (χ4v) is 5.89. The number of carbonyl (C=O) groups excluding carboxylic acids is 2. The third kappa shape index (κ3) is 4.90. The predicted molar refractivity (Wildman–Crippen MR) is 136 cm³/mol. The molecular formula is C27H31ClF3N3O4. The highest BCUT2D eigenvalue weighted by molar-refractivity contribution is 6.31. The Hall–Kier alpha value is -2.66. The van der Waals surface area contributed by atoms with Crippen molar-refractivity contribution in [3.8, 4) is 0 Å². The van der Waals surface area contributed by atoms with Crippen LogP contribution in [0.15, 0.2) is 30.3 Å². The van der Waals surface area contributed by atoms with Crippen LogP contribution in [-0.4, -0.2) is 53.4 Å². The SMILES string of the molecule is CC(C)(C)C[C@H]1N[C@@H](C(=O)NCC[C@H](O)CO)[C@H](c2cccc(F)c2F)[C@@]12C(=O)Nc1cc(Cl)c(F)cc12. The Labute approximate surface area is 223 Å². The van der Waals surface area contributed by atoms with Gasteiger partial charge < -0.3 is 26.2 Å². The number of nitrogens with one attached hydrogen (secondary N) is 3. The number of hydrogen-bond acceptors (Lipinski definition) is 5. The molecule has 2 amide bonds. The van der Waals surface area contributed by atoms with Crippen molar-refractivity contribution in [3.05, 3.63) is 63.9 Å². The molecule has 7 nitrogen and oxygen atoms in total. The lowest BCUT2D eigenvalue weighted by Gasteiger charge is -2.37. The zero-order valence-electron chi connectivity index (χ0n) is 21.2. The topological polar surface area (TPSA) is 111 Å². The first kappa shape index (κ1) is 28.4. The molecule has 4 rings (SSSR count). The number of hydrogen-bond donors (Lipinski definition) is 5. The van der Waals surface area contributed by atoms with E-state index < -0.39 is 65.4 Å². The molecule has 2 aromatic carbocycles. The minimum absolute atomic E-state index is 0.0128. The quantitative estimate of drug-likeness (QED) is 0.361. The molecule has 1 saturated heterocycles. The van der Waals surface area contributed by atoms with Crippen LogP contribution in [0.4, 0.5) is 18.9 Å². The van der Waals surface area contributed by atoms with Gasteiger partial charge in [0.15, 0.2) is 11.6 Å². The van der Waals surface area contributed by atoms with E-state index in [-0.39, 0.29) is 40.2 Å². The van der Waals surface area contributed by atoms with Gasteiger partial charge in [0.1, 0.15) is 11.2 Å². The fraction of sp³-hybridized carbons (Fsp3) is 0.481. The van der Waals surface area contributed by atoms with Crippen LogP contribution < -0.4 is 16.0 Å². The highest BCUT2D eigenvalue weighted by Crippen LogP contribution is 2.57. The molecule has 11 heteroatoms. The van der Waals surface area contributed by atoms with Crippen LogP contribution in [0.2, 0.25) is 5.02 Å². The molecule has 0 aromatic heterocycles. The van der Waals surface area contributed by atoms with E-state index in [4.69, 9.17) is 16.7 Å². The molecule has 2 aromatic rings. The van der Waals surface area contributed by atoms with Gasteiger partial charge in [-0.2, -0.15) is 0 Å². The first-order valence-corrected chi connectivity index (χ1v) is 12.8. The Bertz CT molecular complexity index is 1250. The average molecular weight is 554 g/mol. The molecular weight excluding hydrogens is 523 g/mol. The van der Waals surface area contributed by atoms with Gasteiger partial charge in [-0.25, -0.2) is 13.2 Å². The van der Waals surface area contributed by atoms with Gasteiger partial charge in [-0.1, -0.05) is 44.5 Å². The maximum Gasteiger partial charge on any atom is 0.237 e. The second-order valence-electron chi connectivity index (χ2n) is 11.1. The van der Waals surface area contributed by atoms with Crippen molar-refractivity contribution in [2.24, 2.45) is 5.41 Å². The number of aliphatic hydroxyl groups is 2. The normalized spacial score (nSPS) is 25.4. The minimum Gasteiger partial charge on any atom is -0.394 e. The van der Waals surface area contributed by atoms with E-state index in [1.807, 2.05) is 20.8 Å². The Morgan fingerprint density at radius 3 is 2.58 bits per heavy atom. The molecule has 5 atom stereocenters. The molecule has 2 aliphatic rings. The first-order valence-electron chi connectivity index (χ1n) is 12.4. The van der Waals surface area contributed by atoms with Gasteiger partial charge in [-0.3, -0.25) is 9.59 Å². The highest BCUT2D eigenvalue weighted by atomic mass is 35.5. The van der Waals surface area contributed by atoms with Crippen LogP contribution in [0, 0.1) is 22.9 Å². The van der Waals surface area contributed by atoms with Crippen LogP contribution in [0.5, 0.6) is 0 Å². The lowest BCUT2D eigenvalue weighted by molar-refractivity contribution is -0.124. The van der Waals surface area contributed by atoms with Crippen molar-refractivity contribution >= 4 is 29.1 Å². The van der Waals surface area contributed by atoms with Crippen molar-refractivity contribution in [2.45, 2.75) is 63.1 Å². The summed E-state index contributed by atoms with van der Waals surface area (Å²) in [6.45, 7) is 5.29. The van der Waals surface area contributed by atoms with E-state index >= 15 is 4.39 Å². The Kier molecular flexibility index (Phi) is 7.82. The molecule has 38 heavy (non-hydrogen) atoms. The largest absolute Gasteiger partial charge is 0.394 e. The zero-order chi connectivity index (χ0) is 28.0. The summed E-state index contributed by atoms with van der Waals surface area (Å²) in [7, 11) is 0. The zero-order valence-corrected chi connectivity index (χ0v) is 22.0. The summed E-state index contributed by atoms with van der Waals surface area (Å²) in [6, 6.07) is 3.94. The Morgan fingerprint density at radius 2 is 1.92 bits per heavy atom. The van der Waals surface area contributed by atoms with Crippen LogP contribution in [0.1, 0.15) is 50.7 Å². The van der Waals surface area contributed by atoms with Crippen LogP contribution >= 0.6 is 11.6 Å². The van der Waals surface area contributed by atoms with Gasteiger partial charge in [0.25, 0.3) is 0 Å². The van der Waals surface area contributed by atoms with Crippen molar-refractivity contribution in [1.82, 2.24) is 10.6 Å². The standard InChI is InChI=1S/C27H31ClF3N3O4/c1-26(2,3)11-20-27(15-9-18(30)16(28)10-19(15)33-25(27)38)21(14-5-4-6-17(29)22(14)31)23(34-20)24(37)32-8-7-13(36)12-35/h4-6,9-10,13,20-21,23,34-36H,7-8,11-12H2,1-3H3,(H,32,37)(H,33,38)/t13-,20+,21-,23+,27-/m0/s1. The smallest absolute Gasteiger partial charge is 0.237 e. The second-order valence-corrected chi connectivity index (χ2v) is 11.5. The molecule has 2 aliphatic heterocycles. The summed E-state index contributed by atoms with van der Waals surface area (Å²) in [5.74, 6) is -5.62. The van der Waals surface area contributed by atoms with E-state index in [9.17, 15) is 23.5 Å². The van der Waals surface area contributed by atoms with Gasteiger partial charge >= 0.3 is 0 Å². The molecule has 0 unspecified atom stereocenters. The van der Waals surface area contributed by atoms with Crippen molar-refractivity contribution in [3.63, 3.8) is 0 Å². The molecule has 0 radical (unpaired) electrons. The van der Waals surface area contributed by atoms with E-state index in [0.29, 0.717) is 6.42 Å². The number of rotatable bonds is 7. The third-order valence-corrected chi connectivity index (χ3v) is 7.58. The second kappa shape index (κ2) is 10.5. The molecule has 5 N–H and O–H groups in total. The van der Waals surface area contributed by atoms with Gasteiger partial charge in [0, 0.05) is 24.2 Å². The summed E-state index contributed by atoms with van der Waals surface area (Å²) in [5.41, 5.74) is -1.85. The van der Waals surface area contributed by atoms with Crippen molar-refractivity contribution < 1.29 is 33.0 Å². The number of aliphatic hydroxyl groups excluding tert-OH is 2. The monoisotopic (exact) mass is 553 g/mol. The summed E-state index contributed by atoms with van der Waals surface area (Å²) >= 11 is 6.00. The van der Waals surface area contributed by atoms with E-state index in [2.05, 4.69) is 16.0 Å². The summed E-state index contributed by atoms with van der Waals surface area (Å²) in [5, 5.41) is 27.1. The molecule has 1 fully saturated rings. The number of benzene rings is 2. The maximum atomic E-state index is 15.4. The number of amides is 2. The van der Waals surface area contributed by atoms with Crippen molar-refractivity contribution in [1.29, 1.82) is 0 Å². The van der Waals surface area contributed by atoms with Gasteiger partial charge in [0.05, 0.1) is 23.8 Å². The lowest BCUT2D eigenvalue weighted by atomic mass is 9.62. The minimum atomic E-state index is -1.69. The number of carbonyl (C=O) groups is 2. The highest BCUT2D eigenvalue weighted by Gasteiger charge is 2.66. The third-order valence-electron chi connectivity index (χ3n) is 7.29. The molecule has 206 valence electrons. The fourth-order valence-electron chi connectivity index (χ4n) is 5.73. The maximum absolute atomic E-state index is 15.4. The van der Waals surface area contributed by atoms with E-state index in [0.717, 1.165) is 12.1 Å². The Morgan fingerprint density at radius 1 is 1.21 bits per heavy atom. The number of anilines is 1. The molecule has 0 aliphatic carbocycles. The predicted octanol–water partition coefficient (Wildman–Crippen LogP) is 3.37. The molecule has 0 saturated carbocycles. The summed E-state index contributed by atoms with van der Waals surface area (Å²) in [6.07, 6.45) is -0.675. The first-order chi connectivity index (χ1) is 17.8. The number of halogens is 4. The molecule has 1 spiro atoms. The van der Waals surface area contributed by atoms with Crippen LogP contribution in [0.3, 0.4) is 0 Å². The average Bonchev–Trinajstić information content (AvgIpc) is 3.30. The van der Waals surface area contributed by atoms with Crippen LogP contribution in [-0.2, 0) is 15.0 Å². The van der Waals surface area contributed by atoms with Gasteiger partial charge in [0.2, 0.25) is 11.8 Å². The van der Waals surface area contributed by atoms with E-state index in [1.54, 1.807) is 0 Å². The molecule has 0 bridgehead atoms. The lowest BCUT2D eigenvalue weighted by Crippen LogP contribution is -2.49. The van der Waals surface area contributed by atoms with Gasteiger partial charge in [-0.15, -0.1) is 0 Å². The number of fused-ring (bicyclic) bond motifs is 2. The Balaban J connectivity index is 1.92. The summed E-state index contributed by atoms with van der Waals surface area (Å²) < 4.78 is 44.8. The van der Waals surface area contributed by atoms with Crippen molar-refractivity contribution in [2.75, 3.05) is 18.5 Å². The van der Waals surface area contributed by atoms with Gasteiger partial charge in [-0.05, 0) is 47.6 Å². The van der Waals surface area contributed by atoms with Crippen LogP contribution in [0.25, 0.3) is 0 Å². The summed E-state index contributed by atoms with van der Waals surface area (Å²) in [4.78, 5) is 27.5. The molecule has 2 heterocycles.